The number of ether oxygens (including phenoxy) is 5. The standard InChI is InChI=1S/C31H31N3O6S/c1-36-19-10-11-23(26(35)16-19)24-17-25(21-12-13-27(37-2)22-9-7-6-8-20(21)22)34(33-24)31(41)32-18-14-28(38-3)30(40-5)29(15-18)39-4/h6-17,25,33,35H,1-5H3,(H,32,41). The first-order valence-corrected chi connectivity index (χ1v) is 13.1. The molecule has 0 aliphatic carbocycles. The van der Waals surface area contributed by atoms with Gasteiger partial charge in [-0.3, -0.25) is 10.4 Å². The predicted molar refractivity (Wildman–Crippen MR) is 163 cm³/mol. The minimum Gasteiger partial charge on any atom is -0.507 e. The van der Waals surface area contributed by atoms with Gasteiger partial charge in [0.2, 0.25) is 5.75 Å². The van der Waals surface area contributed by atoms with Crippen LogP contribution in [0.3, 0.4) is 0 Å². The third-order valence-corrected chi connectivity index (χ3v) is 7.23. The van der Waals surface area contributed by atoms with Crippen LogP contribution in [0.1, 0.15) is 17.2 Å². The molecule has 10 heteroatoms. The van der Waals surface area contributed by atoms with Crippen LogP contribution >= 0.6 is 12.2 Å². The molecule has 0 saturated heterocycles. The average Bonchev–Trinajstić information content (AvgIpc) is 3.44. The zero-order valence-corrected chi connectivity index (χ0v) is 24.2. The number of benzene rings is 4. The number of nitrogens with zero attached hydrogens (tertiary/aromatic N) is 1. The molecule has 0 spiro atoms. The molecule has 9 nitrogen and oxygen atoms in total. The Hall–Kier alpha value is -4.83. The molecule has 1 unspecified atom stereocenters. The Bertz CT molecular complexity index is 1610. The molecule has 212 valence electrons. The third kappa shape index (κ3) is 5.21. The summed E-state index contributed by atoms with van der Waals surface area (Å²) in [6, 6.07) is 20.4. The van der Waals surface area contributed by atoms with Gasteiger partial charge in [0, 0.05) is 34.8 Å². The highest BCUT2D eigenvalue weighted by atomic mass is 32.1. The number of fused-ring (bicyclic) bond motifs is 1. The molecule has 5 rings (SSSR count). The van der Waals surface area contributed by atoms with Crippen molar-refractivity contribution >= 4 is 39.5 Å². The number of phenols is 1. The highest BCUT2D eigenvalue weighted by Gasteiger charge is 2.32. The Morgan fingerprint density at radius 3 is 2.10 bits per heavy atom. The number of aromatic hydroxyl groups is 1. The zero-order valence-electron chi connectivity index (χ0n) is 23.3. The summed E-state index contributed by atoms with van der Waals surface area (Å²) in [5.41, 5.74) is 6.32. The molecule has 1 aliphatic rings. The summed E-state index contributed by atoms with van der Waals surface area (Å²) in [6.45, 7) is 0. The van der Waals surface area contributed by atoms with Crippen molar-refractivity contribution in [1.82, 2.24) is 10.4 Å². The lowest BCUT2D eigenvalue weighted by atomic mass is 9.97. The highest BCUT2D eigenvalue weighted by Crippen LogP contribution is 2.42. The van der Waals surface area contributed by atoms with Gasteiger partial charge in [-0.15, -0.1) is 0 Å². The molecule has 0 saturated carbocycles. The van der Waals surface area contributed by atoms with E-state index in [1.807, 2.05) is 41.4 Å². The number of phenolic OH excluding ortho intramolecular Hbond substituents is 1. The van der Waals surface area contributed by atoms with E-state index in [9.17, 15) is 5.11 Å². The number of hydrogen-bond donors (Lipinski definition) is 3. The largest absolute Gasteiger partial charge is 0.507 e. The van der Waals surface area contributed by atoms with Crippen molar-refractivity contribution in [3.05, 3.63) is 83.9 Å². The summed E-state index contributed by atoms with van der Waals surface area (Å²) in [4.78, 5) is 0. The molecule has 4 aromatic rings. The van der Waals surface area contributed by atoms with Crippen LogP contribution in [0, 0.1) is 0 Å². The first kappa shape index (κ1) is 27.7. The number of rotatable bonds is 8. The summed E-state index contributed by atoms with van der Waals surface area (Å²) < 4.78 is 27.4. The van der Waals surface area contributed by atoms with Crippen LogP contribution in [0.15, 0.2) is 72.8 Å². The van der Waals surface area contributed by atoms with Gasteiger partial charge in [-0.2, -0.15) is 0 Å². The average molecular weight is 574 g/mol. The van der Waals surface area contributed by atoms with Crippen LogP contribution in [0.5, 0.6) is 34.5 Å². The van der Waals surface area contributed by atoms with Crippen LogP contribution in [-0.4, -0.2) is 50.8 Å². The zero-order chi connectivity index (χ0) is 29.1. The summed E-state index contributed by atoms with van der Waals surface area (Å²) in [5, 5.41) is 18.3. The molecule has 0 bridgehead atoms. The minimum absolute atomic E-state index is 0.0757. The molecule has 1 aliphatic heterocycles. The maximum absolute atomic E-state index is 10.8. The van der Waals surface area contributed by atoms with Crippen molar-refractivity contribution in [2.24, 2.45) is 0 Å². The van der Waals surface area contributed by atoms with Gasteiger partial charge in [-0.1, -0.05) is 30.3 Å². The van der Waals surface area contributed by atoms with Crippen molar-refractivity contribution in [3.8, 4) is 34.5 Å². The molecule has 0 radical (unpaired) electrons. The Morgan fingerprint density at radius 2 is 1.49 bits per heavy atom. The van der Waals surface area contributed by atoms with E-state index in [1.165, 1.54) is 0 Å². The van der Waals surface area contributed by atoms with Crippen LogP contribution in [0.25, 0.3) is 16.5 Å². The molecule has 0 aromatic heterocycles. The number of thiocarbonyl (C=S) groups is 1. The van der Waals surface area contributed by atoms with E-state index < -0.39 is 0 Å². The lowest BCUT2D eigenvalue weighted by Crippen LogP contribution is -2.42. The van der Waals surface area contributed by atoms with Crippen LogP contribution in [0.4, 0.5) is 5.69 Å². The van der Waals surface area contributed by atoms with Crippen molar-refractivity contribution in [1.29, 1.82) is 0 Å². The topological polar surface area (TPSA) is 93.7 Å². The van der Waals surface area contributed by atoms with E-state index >= 15 is 0 Å². The molecule has 0 amide bonds. The molecule has 1 atom stereocenters. The molecule has 4 aromatic carbocycles. The molecule has 0 fully saturated rings. The van der Waals surface area contributed by atoms with Crippen LogP contribution < -0.4 is 34.4 Å². The molecular weight excluding hydrogens is 542 g/mol. The maximum atomic E-state index is 10.8. The Morgan fingerprint density at radius 1 is 0.805 bits per heavy atom. The summed E-state index contributed by atoms with van der Waals surface area (Å²) in [6.07, 6.45) is 2.03. The van der Waals surface area contributed by atoms with E-state index in [0.717, 1.165) is 22.1 Å². The Kier molecular flexibility index (Phi) is 7.93. The Balaban J connectivity index is 1.58. The van der Waals surface area contributed by atoms with Gasteiger partial charge in [0.25, 0.3) is 0 Å². The fourth-order valence-electron chi connectivity index (χ4n) is 4.96. The summed E-state index contributed by atoms with van der Waals surface area (Å²) >= 11 is 5.94. The van der Waals surface area contributed by atoms with Crippen molar-refractivity contribution in [2.75, 3.05) is 40.9 Å². The van der Waals surface area contributed by atoms with Crippen molar-refractivity contribution in [2.45, 2.75) is 6.04 Å². The van der Waals surface area contributed by atoms with E-state index in [0.29, 0.717) is 45.1 Å². The fourth-order valence-corrected chi connectivity index (χ4v) is 5.24. The molecule has 3 N–H and O–H groups in total. The molecular formula is C31H31N3O6S. The second-order valence-electron chi connectivity index (χ2n) is 9.14. The van der Waals surface area contributed by atoms with Crippen LogP contribution in [-0.2, 0) is 0 Å². The number of methoxy groups -OCH3 is 5. The number of nitrogens with one attached hydrogen (secondary N) is 2. The lowest BCUT2D eigenvalue weighted by molar-refractivity contribution is 0.324. The monoisotopic (exact) mass is 573 g/mol. The SMILES string of the molecule is COc1ccc(C2=CC(c3ccc(OC)c4ccccc34)N(C(=S)Nc3cc(OC)c(OC)c(OC)c3)N2)c(O)c1. The van der Waals surface area contributed by atoms with Gasteiger partial charge in [0.05, 0.1) is 47.3 Å². The van der Waals surface area contributed by atoms with Gasteiger partial charge in [0.1, 0.15) is 17.2 Å². The maximum Gasteiger partial charge on any atom is 0.203 e. The second kappa shape index (κ2) is 11.7. The smallest absolute Gasteiger partial charge is 0.203 e. The van der Waals surface area contributed by atoms with Gasteiger partial charge in [0.15, 0.2) is 16.6 Å². The van der Waals surface area contributed by atoms with Crippen LogP contribution in [0.2, 0.25) is 0 Å². The van der Waals surface area contributed by atoms with Gasteiger partial charge in [-0.25, -0.2) is 0 Å². The number of hydrazine groups is 1. The summed E-state index contributed by atoms with van der Waals surface area (Å²) in [5.74, 6) is 2.87. The van der Waals surface area contributed by atoms with Gasteiger partial charge in [-0.05, 0) is 47.4 Å². The lowest BCUT2D eigenvalue weighted by Gasteiger charge is -2.29. The third-order valence-electron chi connectivity index (χ3n) is 6.93. The number of hydrogen-bond acceptors (Lipinski definition) is 8. The predicted octanol–water partition coefficient (Wildman–Crippen LogP) is 5.89. The van der Waals surface area contributed by atoms with E-state index in [4.69, 9.17) is 35.9 Å². The van der Waals surface area contributed by atoms with Crippen molar-refractivity contribution in [3.63, 3.8) is 0 Å². The fraction of sp³-hybridized carbons (Fsp3) is 0.194. The number of anilines is 1. The first-order chi connectivity index (χ1) is 19.9. The summed E-state index contributed by atoms with van der Waals surface area (Å²) in [7, 11) is 7.89. The van der Waals surface area contributed by atoms with Crippen molar-refractivity contribution < 1.29 is 28.8 Å². The first-order valence-electron chi connectivity index (χ1n) is 12.7. The van der Waals surface area contributed by atoms with Gasteiger partial charge < -0.3 is 34.1 Å². The Labute approximate surface area is 243 Å². The minimum atomic E-state index is -0.343. The van der Waals surface area contributed by atoms with E-state index in [-0.39, 0.29) is 11.8 Å². The second-order valence-corrected chi connectivity index (χ2v) is 9.52. The van der Waals surface area contributed by atoms with E-state index in [1.54, 1.807) is 65.9 Å². The quantitative estimate of drug-likeness (QED) is 0.222. The van der Waals surface area contributed by atoms with Gasteiger partial charge >= 0.3 is 0 Å². The highest BCUT2D eigenvalue weighted by molar-refractivity contribution is 7.80. The van der Waals surface area contributed by atoms with E-state index in [2.05, 4.69) is 16.8 Å². The normalized spacial score (nSPS) is 14.2. The molecule has 1 heterocycles. The molecule has 41 heavy (non-hydrogen) atoms.